The lowest BCUT2D eigenvalue weighted by Crippen LogP contribution is -2.36. The number of nitrogens with zero attached hydrogens (tertiary/aromatic N) is 1. The van der Waals surface area contributed by atoms with Gasteiger partial charge in [-0.1, -0.05) is 17.7 Å². The van der Waals surface area contributed by atoms with Crippen molar-refractivity contribution in [3.8, 4) is 0 Å². The highest BCUT2D eigenvalue weighted by Crippen LogP contribution is 2.36. The summed E-state index contributed by atoms with van der Waals surface area (Å²) in [5.41, 5.74) is 4.71. The van der Waals surface area contributed by atoms with Crippen molar-refractivity contribution in [1.82, 2.24) is 0 Å². The summed E-state index contributed by atoms with van der Waals surface area (Å²) in [6, 6.07) is 13.4. The molecule has 0 aromatic heterocycles. The number of benzene rings is 2. The second kappa shape index (κ2) is 6.36. The van der Waals surface area contributed by atoms with Crippen molar-refractivity contribution in [2.24, 2.45) is 5.92 Å². The Labute approximate surface area is 147 Å². The Bertz CT molecular complexity index is 822. The molecule has 128 valence electrons. The molecule has 0 bridgehead atoms. The number of anilines is 2. The Morgan fingerprint density at radius 3 is 2.56 bits per heavy atom. The van der Waals surface area contributed by atoms with Gasteiger partial charge in [-0.25, -0.2) is 0 Å². The molecule has 0 atom stereocenters. The Hall–Kier alpha value is -2.62. The topological polar surface area (TPSA) is 49.4 Å². The van der Waals surface area contributed by atoms with Crippen molar-refractivity contribution < 1.29 is 9.59 Å². The molecule has 1 aliphatic heterocycles. The molecule has 0 spiro atoms. The maximum atomic E-state index is 12.5. The monoisotopic (exact) mass is 334 g/mol. The SMILES string of the molecule is Cc1ccc(C(=O)Nc2ccc3c(c2)CCCN3C(=O)C2CC2)cc1. The van der Waals surface area contributed by atoms with E-state index in [1.165, 1.54) is 0 Å². The number of fused-ring (bicyclic) bond motifs is 1. The average Bonchev–Trinajstić information content (AvgIpc) is 3.46. The van der Waals surface area contributed by atoms with Gasteiger partial charge in [0.1, 0.15) is 0 Å². The quantitative estimate of drug-likeness (QED) is 0.924. The van der Waals surface area contributed by atoms with Crippen LogP contribution in [0.3, 0.4) is 0 Å². The van der Waals surface area contributed by atoms with Crippen LogP contribution < -0.4 is 10.2 Å². The summed E-state index contributed by atoms with van der Waals surface area (Å²) in [6.45, 7) is 2.80. The number of hydrogen-bond donors (Lipinski definition) is 1. The van der Waals surface area contributed by atoms with Crippen LogP contribution in [0.2, 0.25) is 0 Å². The summed E-state index contributed by atoms with van der Waals surface area (Å²) in [5.74, 6) is 0.380. The van der Waals surface area contributed by atoms with Gasteiger partial charge in [0.25, 0.3) is 5.91 Å². The summed E-state index contributed by atoms with van der Waals surface area (Å²) in [5, 5.41) is 2.96. The van der Waals surface area contributed by atoms with Crippen LogP contribution in [0, 0.1) is 12.8 Å². The zero-order valence-corrected chi connectivity index (χ0v) is 14.4. The highest BCUT2D eigenvalue weighted by molar-refractivity contribution is 6.04. The zero-order chi connectivity index (χ0) is 17.4. The molecular weight excluding hydrogens is 312 g/mol. The summed E-state index contributed by atoms with van der Waals surface area (Å²) in [6.07, 6.45) is 3.96. The van der Waals surface area contributed by atoms with E-state index >= 15 is 0 Å². The third kappa shape index (κ3) is 3.29. The van der Waals surface area contributed by atoms with E-state index in [4.69, 9.17) is 0 Å². The van der Waals surface area contributed by atoms with E-state index in [0.29, 0.717) is 5.56 Å². The van der Waals surface area contributed by atoms with Gasteiger partial charge in [0.05, 0.1) is 0 Å². The van der Waals surface area contributed by atoms with Gasteiger partial charge in [-0.05, 0) is 68.5 Å². The van der Waals surface area contributed by atoms with Crippen molar-refractivity contribution in [3.63, 3.8) is 0 Å². The first-order valence-corrected chi connectivity index (χ1v) is 8.94. The maximum Gasteiger partial charge on any atom is 0.255 e. The van der Waals surface area contributed by atoms with Crippen LogP contribution >= 0.6 is 0 Å². The molecular formula is C21H22N2O2. The first kappa shape index (κ1) is 15.9. The number of carbonyl (C=O) groups is 2. The average molecular weight is 334 g/mol. The maximum absolute atomic E-state index is 12.5. The van der Waals surface area contributed by atoms with Gasteiger partial charge in [-0.3, -0.25) is 9.59 Å². The van der Waals surface area contributed by atoms with Crippen LogP contribution in [0.4, 0.5) is 11.4 Å². The van der Waals surface area contributed by atoms with Crippen LogP contribution in [-0.4, -0.2) is 18.4 Å². The van der Waals surface area contributed by atoms with Crippen LogP contribution in [0.1, 0.15) is 40.7 Å². The second-order valence-corrected chi connectivity index (χ2v) is 7.03. The molecule has 4 heteroatoms. The highest BCUT2D eigenvalue weighted by atomic mass is 16.2. The van der Waals surface area contributed by atoms with Crippen molar-refractivity contribution in [2.75, 3.05) is 16.8 Å². The number of rotatable bonds is 3. The molecule has 1 aliphatic carbocycles. The summed E-state index contributed by atoms with van der Waals surface area (Å²) >= 11 is 0. The third-order valence-corrected chi connectivity index (χ3v) is 4.96. The Morgan fingerprint density at radius 2 is 1.84 bits per heavy atom. The molecule has 2 aromatic rings. The molecule has 2 amide bonds. The van der Waals surface area contributed by atoms with Crippen molar-refractivity contribution in [2.45, 2.75) is 32.6 Å². The normalized spacial score (nSPS) is 16.3. The fourth-order valence-corrected chi connectivity index (χ4v) is 3.36. The molecule has 1 fully saturated rings. The Kier molecular flexibility index (Phi) is 4.04. The molecule has 4 rings (SSSR count). The van der Waals surface area contributed by atoms with Gasteiger partial charge < -0.3 is 10.2 Å². The van der Waals surface area contributed by atoms with Crippen LogP contribution in [0.15, 0.2) is 42.5 Å². The van der Waals surface area contributed by atoms with Gasteiger partial charge in [0, 0.05) is 29.4 Å². The molecule has 1 saturated carbocycles. The van der Waals surface area contributed by atoms with Crippen molar-refractivity contribution in [1.29, 1.82) is 0 Å². The summed E-state index contributed by atoms with van der Waals surface area (Å²) < 4.78 is 0. The van der Waals surface area contributed by atoms with Crippen LogP contribution in [-0.2, 0) is 11.2 Å². The van der Waals surface area contributed by atoms with E-state index in [1.54, 1.807) is 0 Å². The summed E-state index contributed by atoms with van der Waals surface area (Å²) in [4.78, 5) is 26.8. The fourth-order valence-electron chi connectivity index (χ4n) is 3.36. The number of carbonyl (C=O) groups excluding carboxylic acids is 2. The highest BCUT2D eigenvalue weighted by Gasteiger charge is 2.35. The standard InChI is InChI=1S/C21H22N2O2/c1-14-4-6-15(7-5-14)20(24)22-18-10-11-19-17(13-18)3-2-12-23(19)21(25)16-8-9-16/h4-7,10-11,13,16H,2-3,8-9,12H2,1H3,(H,22,24). The molecule has 2 aliphatic rings. The minimum Gasteiger partial charge on any atom is -0.322 e. The second-order valence-electron chi connectivity index (χ2n) is 7.03. The number of nitrogens with one attached hydrogen (secondary N) is 1. The predicted octanol–water partition coefficient (Wildman–Crippen LogP) is 3.94. The minimum absolute atomic E-state index is 0.110. The molecule has 0 radical (unpaired) electrons. The van der Waals surface area contributed by atoms with E-state index in [2.05, 4.69) is 5.32 Å². The Morgan fingerprint density at radius 1 is 1.08 bits per heavy atom. The number of amides is 2. The van der Waals surface area contributed by atoms with Crippen molar-refractivity contribution in [3.05, 3.63) is 59.2 Å². The number of hydrogen-bond acceptors (Lipinski definition) is 2. The molecule has 0 unspecified atom stereocenters. The van der Waals surface area contributed by atoms with Gasteiger partial charge in [-0.15, -0.1) is 0 Å². The molecule has 0 saturated heterocycles. The Balaban J connectivity index is 1.53. The van der Waals surface area contributed by atoms with Gasteiger partial charge >= 0.3 is 0 Å². The lowest BCUT2D eigenvalue weighted by Gasteiger charge is -2.30. The van der Waals surface area contributed by atoms with Crippen LogP contribution in [0.5, 0.6) is 0 Å². The van der Waals surface area contributed by atoms with Crippen LogP contribution in [0.25, 0.3) is 0 Å². The lowest BCUT2D eigenvalue weighted by molar-refractivity contribution is -0.119. The summed E-state index contributed by atoms with van der Waals surface area (Å²) in [7, 11) is 0. The number of aryl methyl sites for hydroxylation is 2. The molecule has 4 nitrogen and oxygen atoms in total. The fraction of sp³-hybridized carbons (Fsp3) is 0.333. The largest absolute Gasteiger partial charge is 0.322 e. The molecule has 25 heavy (non-hydrogen) atoms. The van der Waals surface area contributed by atoms with E-state index in [-0.39, 0.29) is 17.7 Å². The van der Waals surface area contributed by atoms with Gasteiger partial charge in [0.15, 0.2) is 0 Å². The lowest BCUT2D eigenvalue weighted by atomic mass is 10.00. The first-order valence-electron chi connectivity index (χ1n) is 8.94. The van der Waals surface area contributed by atoms with E-state index in [1.807, 2.05) is 54.3 Å². The smallest absolute Gasteiger partial charge is 0.255 e. The molecule has 1 heterocycles. The van der Waals surface area contributed by atoms with E-state index in [0.717, 1.165) is 54.7 Å². The van der Waals surface area contributed by atoms with E-state index < -0.39 is 0 Å². The minimum atomic E-state index is -0.110. The molecule has 2 aromatic carbocycles. The van der Waals surface area contributed by atoms with Gasteiger partial charge in [-0.2, -0.15) is 0 Å². The molecule has 1 N–H and O–H groups in total. The van der Waals surface area contributed by atoms with E-state index in [9.17, 15) is 9.59 Å². The first-order chi connectivity index (χ1) is 12.1. The van der Waals surface area contributed by atoms with Crippen molar-refractivity contribution >= 4 is 23.2 Å². The van der Waals surface area contributed by atoms with Gasteiger partial charge in [0.2, 0.25) is 5.91 Å². The third-order valence-electron chi connectivity index (χ3n) is 4.96. The predicted molar refractivity (Wildman–Crippen MR) is 99.0 cm³/mol. The zero-order valence-electron chi connectivity index (χ0n) is 14.4.